The van der Waals surface area contributed by atoms with Gasteiger partial charge in [-0.1, -0.05) is 12.1 Å². The highest BCUT2D eigenvalue weighted by Crippen LogP contribution is 2.26. The van der Waals surface area contributed by atoms with Gasteiger partial charge in [0, 0.05) is 36.9 Å². The van der Waals surface area contributed by atoms with E-state index >= 15 is 0 Å². The lowest BCUT2D eigenvalue weighted by Gasteiger charge is -2.15. The van der Waals surface area contributed by atoms with Gasteiger partial charge < -0.3 is 0 Å². The Bertz CT molecular complexity index is 1090. The molecule has 2 aliphatic heterocycles. The second-order valence-electron chi connectivity index (χ2n) is 7.18. The van der Waals surface area contributed by atoms with Gasteiger partial charge in [-0.3, -0.25) is 19.7 Å². The molecule has 1 N–H and O–H groups in total. The summed E-state index contributed by atoms with van der Waals surface area (Å²) in [6, 6.07) is 5.20. The summed E-state index contributed by atoms with van der Waals surface area (Å²) in [5.41, 5.74) is 2.67. The number of carbonyl (C=O) groups excluding carboxylic acids is 2. The van der Waals surface area contributed by atoms with Crippen molar-refractivity contribution in [2.75, 3.05) is 18.5 Å². The maximum Gasteiger partial charge on any atom is 0.332 e. The summed E-state index contributed by atoms with van der Waals surface area (Å²) in [5.74, 6) is 0.0374. The predicted molar refractivity (Wildman–Crippen MR) is 102 cm³/mol. The number of imide groups is 1. The maximum absolute atomic E-state index is 12.6. The van der Waals surface area contributed by atoms with E-state index in [9.17, 15) is 9.59 Å². The van der Waals surface area contributed by atoms with Gasteiger partial charge in [0.15, 0.2) is 0 Å². The molecule has 1 aromatic carbocycles. The lowest BCUT2D eigenvalue weighted by atomic mass is 10.1. The van der Waals surface area contributed by atoms with Crippen LogP contribution in [0.15, 0.2) is 36.8 Å². The normalized spacial score (nSPS) is 19.4. The molecule has 0 saturated carbocycles. The van der Waals surface area contributed by atoms with Crippen LogP contribution in [0.4, 0.5) is 10.7 Å². The number of nitrogens with zero attached hydrogens (tertiary/aromatic N) is 6. The van der Waals surface area contributed by atoms with Crippen LogP contribution in [-0.4, -0.2) is 60.7 Å². The Hall–Kier alpha value is -3.33. The van der Waals surface area contributed by atoms with Crippen molar-refractivity contribution in [2.45, 2.75) is 18.9 Å². The van der Waals surface area contributed by atoms with Crippen LogP contribution in [0.25, 0.3) is 22.0 Å². The number of fused-ring (bicyclic) bond motifs is 2. The Kier molecular flexibility index (Phi) is 3.83. The summed E-state index contributed by atoms with van der Waals surface area (Å²) in [7, 11) is 1.87. The van der Waals surface area contributed by atoms with Crippen LogP contribution in [-0.2, 0) is 11.8 Å². The molecule has 0 spiro atoms. The molecule has 2 aromatic heterocycles. The van der Waals surface area contributed by atoms with Crippen LogP contribution >= 0.6 is 0 Å². The van der Waals surface area contributed by atoms with Gasteiger partial charge in [-0.05, 0) is 24.5 Å². The summed E-state index contributed by atoms with van der Waals surface area (Å²) in [4.78, 5) is 36.9. The molecule has 0 radical (unpaired) electrons. The van der Waals surface area contributed by atoms with Crippen LogP contribution in [0.5, 0.6) is 0 Å². The number of urea groups is 1. The molecule has 142 valence electrons. The molecule has 3 aromatic rings. The van der Waals surface area contributed by atoms with Gasteiger partial charge in [0.2, 0.25) is 11.9 Å². The fourth-order valence-corrected chi connectivity index (χ4v) is 3.87. The fraction of sp³-hybridized carbons (Fsp3) is 0.316. The van der Waals surface area contributed by atoms with Gasteiger partial charge >= 0.3 is 6.03 Å². The topological polar surface area (TPSA) is 96.2 Å². The average molecular weight is 377 g/mol. The van der Waals surface area contributed by atoms with E-state index in [0.29, 0.717) is 12.2 Å². The van der Waals surface area contributed by atoms with E-state index < -0.39 is 6.03 Å². The average Bonchev–Trinajstić information content (AvgIpc) is 3.39. The van der Waals surface area contributed by atoms with Gasteiger partial charge in [-0.15, -0.1) is 0 Å². The van der Waals surface area contributed by atoms with Gasteiger partial charge in [0.25, 0.3) is 0 Å². The minimum atomic E-state index is -0.484. The smallest absolute Gasteiger partial charge is 0.276 e. The summed E-state index contributed by atoms with van der Waals surface area (Å²) in [6.45, 7) is 1.18. The van der Waals surface area contributed by atoms with Crippen molar-refractivity contribution in [3.63, 3.8) is 0 Å². The van der Waals surface area contributed by atoms with Crippen molar-refractivity contribution in [1.82, 2.24) is 29.5 Å². The zero-order chi connectivity index (χ0) is 19.3. The number of aromatic nitrogens is 4. The van der Waals surface area contributed by atoms with Crippen molar-refractivity contribution in [2.24, 2.45) is 7.05 Å². The van der Waals surface area contributed by atoms with Gasteiger partial charge in [0.05, 0.1) is 24.4 Å². The first kappa shape index (κ1) is 16.8. The highest BCUT2D eigenvalue weighted by atomic mass is 16.2. The minimum Gasteiger partial charge on any atom is -0.276 e. The number of nitrogens with one attached hydrogen (secondary N) is 1. The van der Waals surface area contributed by atoms with Crippen LogP contribution in [0.3, 0.4) is 0 Å². The third-order valence-electron chi connectivity index (χ3n) is 5.32. The quantitative estimate of drug-likeness (QED) is 0.732. The Morgan fingerprint density at radius 1 is 1.25 bits per heavy atom. The van der Waals surface area contributed by atoms with Crippen LogP contribution in [0.2, 0.25) is 0 Å². The molecule has 0 aliphatic carbocycles. The summed E-state index contributed by atoms with van der Waals surface area (Å²) in [6.07, 6.45) is 7.19. The molecule has 28 heavy (non-hydrogen) atoms. The summed E-state index contributed by atoms with van der Waals surface area (Å²) in [5, 5.41) is 7.71. The first-order chi connectivity index (χ1) is 13.6. The first-order valence-electron chi connectivity index (χ1n) is 9.21. The number of benzene rings is 1. The largest absolute Gasteiger partial charge is 0.332 e. The highest BCUT2D eigenvalue weighted by Gasteiger charge is 2.43. The molecule has 9 nitrogen and oxygen atoms in total. The van der Waals surface area contributed by atoms with E-state index in [1.54, 1.807) is 17.1 Å². The molecular formula is C19H19N7O2. The van der Waals surface area contributed by atoms with E-state index in [1.807, 2.05) is 36.3 Å². The zero-order valence-corrected chi connectivity index (χ0v) is 15.4. The number of anilines is 1. The number of aryl methyl sites for hydroxylation is 1. The Morgan fingerprint density at radius 2 is 2.14 bits per heavy atom. The Balaban J connectivity index is 1.38. The molecule has 2 aliphatic rings. The molecule has 2 saturated heterocycles. The highest BCUT2D eigenvalue weighted by molar-refractivity contribution is 6.03. The third kappa shape index (κ3) is 2.80. The van der Waals surface area contributed by atoms with Crippen molar-refractivity contribution >= 4 is 28.8 Å². The van der Waals surface area contributed by atoms with E-state index in [1.165, 1.54) is 4.90 Å². The number of amides is 3. The molecule has 0 unspecified atom stereocenters. The first-order valence-corrected chi connectivity index (χ1v) is 9.21. The van der Waals surface area contributed by atoms with Crippen molar-refractivity contribution in [1.29, 1.82) is 0 Å². The SMILES string of the molecule is Cn1cc(-c2ccc3cnc(NC(=O)N4CN5CCC[C@@H]5C4=O)nc3c2)cn1. The second-order valence-corrected chi connectivity index (χ2v) is 7.18. The number of carbonyl (C=O) groups is 2. The van der Waals surface area contributed by atoms with E-state index in [-0.39, 0.29) is 17.9 Å². The molecule has 4 heterocycles. The zero-order valence-electron chi connectivity index (χ0n) is 15.4. The number of rotatable bonds is 2. The van der Waals surface area contributed by atoms with Gasteiger partial charge in [-0.2, -0.15) is 5.10 Å². The van der Waals surface area contributed by atoms with Crippen molar-refractivity contribution in [3.05, 3.63) is 36.8 Å². The minimum absolute atomic E-state index is 0.144. The van der Waals surface area contributed by atoms with Gasteiger partial charge in [0.1, 0.15) is 0 Å². The molecule has 9 heteroatoms. The van der Waals surface area contributed by atoms with Crippen LogP contribution in [0.1, 0.15) is 12.8 Å². The second kappa shape index (κ2) is 6.38. The lowest BCUT2D eigenvalue weighted by molar-refractivity contribution is -0.126. The summed E-state index contributed by atoms with van der Waals surface area (Å²) >= 11 is 0. The maximum atomic E-state index is 12.6. The molecule has 5 rings (SSSR count). The predicted octanol–water partition coefficient (Wildman–Crippen LogP) is 1.83. The fourth-order valence-electron chi connectivity index (χ4n) is 3.87. The van der Waals surface area contributed by atoms with Gasteiger partial charge in [-0.25, -0.2) is 19.7 Å². The van der Waals surface area contributed by atoms with E-state index in [0.717, 1.165) is 35.9 Å². The molecule has 2 fully saturated rings. The standard InChI is InChI=1S/C19H19N7O2/c1-24-10-14(9-21-24)12-4-5-13-8-20-18(22-15(13)7-12)23-19(28)26-11-25-6-2-3-16(25)17(26)27/h4-5,7-10,16H,2-3,6,11H2,1H3,(H,20,22,23,28)/t16-/m1/s1. The van der Waals surface area contributed by atoms with Crippen LogP contribution in [0, 0.1) is 0 Å². The lowest BCUT2D eigenvalue weighted by Crippen LogP contribution is -2.38. The summed E-state index contributed by atoms with van der Waals surface area (Å²) < 4.78 is 1.74. The molecule has 0 bridgehead atoms. The monoisotopic (exact) mass is 377 g/mol. The number of hydrogen-bond acceptors (Lipinski definition) is 6. The van der Waals surface area contributed by atoms with Crippen molar-refractivity contribution < 1.29 is 9.59 Å². The van der Waals surface area contributed by atoms with E-state index in [4.69, 9.17) is 0 Å². The molecule has 3 amide bonds. The third-order valence-corrected chi connectivity index (χ3v) is 5.32. The number of hydrogen-bond donors (Lipinski definition) is 1. The molecular weight excluding hydrogens is 358 g/mol. The Labute approximate surface area is 161 Å². The van der Waals surface area contributed by atoms with Crippen molar-refractivity contribution in [3.8, 4) is 11.1 Å². The van der Waals surface area contributed by atoms with E-state index in [2.05, 4.69) is 20.4 Å². The Morgan fingerprint density at radius 3 is 2.93 bits per heavy atom. The molecule has 1 atom stereocenters. The van der Waals surface area contributed by atoms with Crippen LogP contribution < -0.4 is 5.32 Å².